The van der Waals surface area contributed by atoms with Gasteiger partial charge in [-0.3, -0.25) is 4.79 Å². The third kappa shape index (κ3) is 4.90. The van der Waals surface area contributed by atoms with Crippen molar-refractivity contribution in [2.75, 3.05) is 6.61 Å². The molecule has 2 aromatic rings. The molecule has 1 heterocycles. The fourth-order valence-electron chi connectivity index (χ4n) is 2.35. The molecule has 1 amide bonds. The van der Waals surface area contributed by atoms with Crippen molar-refractivity contribution >= 4 is 52.0 Å². The highest BCUT2D eigenvalue weighted by Crippen LogP contribution is 2.38. The number of thiocarbonyl (C=S) groups is 1. The van der Waals surface area contributed by atoms with E-state index in [1.165, 1.54) is 11.8 Å². The molecule has 3 nitrogen and oxygen atoms in total. The summed E-state index contributed by atoms with van der Waals surface area (Å²) in [5, 5.41) is 2.65. The maximum atomic E-state index is 11.9. The van der Waals surface area contributed by atoms with Gasteiger partial charge in [0.25, 0.3) is 5.91 Å². The molecule has 26 heavy (non-hydrogen) atoms. The van der Waals surface area contributed by atoms with Crippen molar-refractivity contribution in [2.24, 2.45) is 0 Å². The van der Waals surface area contributed by atoms with E-state index in [1.807, 2.05) is 42.5 Å². The summed E-state index contributed by atoms with van der Waals surface area (Å²) in [6.45, 7) is 2.87. The Morgan fingerprint density at radius 2 is 1.88 bits per heavy atom. The van der Waals surface area contributed by atoms with E-state index in [0.29, 0.717) is 15.8 Å². The standard InChI is InChI=1S/C20H19NO2S3/c1-2-3-12-23-15-9-5-7-11-17(15)25-16-10-6-4-8-14(16)13-18-19(22)21-20(24)26-18/h4-11,13H,2-3,12H2,1H3,(H,21,22,24). The predicted molar refractivity (Wildman–Crippen MR) is 114 cm³/mol. The number of amides is 1. The molecule has 1 saturated heterocycles. The van der Waals surface area contributed by atoms with Crippen LogP contribution in [0.15, 0.2) is 63.2 Å². The molecule has 6 heteroatoms. The van der Waals surface area contributed by atoms with Gasteiger partial charge in [0, 0.05) is 4.90 Å². The first-order valence-electron chi connectivity index (χ1n) is 8.41. The van der Waals surface area contributed by atoms with Crippen LogP contribution in [0.2, 0.25) is 0 Å². The third-order valence-electron chi connectivity index (χ3n) is 3.67. The first kappa shape index (κ1) is 19.0. The van der Waals surface area contributed by atoms with E-state index in [0.717, 1.165) is 33.9 Å². The zero-order valence-corrected chi connectivity index (χ0v) is 16.8. The maximum Gasteiger partial charge on any atom is 0.263 e. The van der Waals surface area contributed by atoms with E-state index in [4.69, 9.17) is 17.0 Å². The van der Waals surface area contributed by atoms with Crippen LogP contribution in [0.5, 0.6) is 5.75 Å². The average molecular weight is 402 g/mol. The molecule has 0 spiro atoms. The number of carbonyl (C=O) groups is 1. The zero-order chi connectivity index (χ0) is 18.4. The van der Waals surface area contributed by atoms with Gasteiger partial charge >= 0.3 is 0 Å². The summed E-state index contributed by atoms with van der Waals surface area (Å²) in [6.07, 6.45) is 4.03. The van der Waals surface area contributed by atoms with Crippen molar-refractivity contribution in [3.05, 3.63) is 59.0 Å². The Bertz CT molecular complexity index is 848. The minimum absolute atomic E-state index is 0.136. The topological polar surface area (TPSA) is 38.3 Å². The second kappa shape index (κ2) is 9.26. The second-order valence-electron chi connectivity index (χ2n) is 5.64. The number of ether oxygens (including phenoxy) is 1. The fraction of sp³-hybridized carbons (Fsp3) is 0.200. The van der Waals surface area contributed by atoms with Gasteiger partial charge in [-0.15, -0.1) is 0 Å². The highest BCUT2D eigenvalue weighted by Gasteiger charge is 2.22. The lowest BCUT2D eigenvalue weighted by molar-refractivity contribution is -0.115. The summed E-state index contributed by atoms with van der Waals surface area (Å²) in [7, 11) is 0. The molecule has 0 aromatic heterocycles. The molecule has 0 unspecified atom stereocenters. The summed E-state index contributed by atoms with van der Waals surface area (Å²) in [5.74, 6) is 0.755. The van der Waals surface area contributed by atoms with Gasteiger partial charge in [0.2, 0.25) is 0 Å². The molecule has 1 fully saturated rings. The summed E-state index contributed by atoms with van der Waals surface area (Å²) >= 11 is 8.00. The molecule has 0 atom stereocenters. The summed E-state index contributed by atoms with van der Waals surface area (Å²) in [5.41, 5.74) is 0.989. The Morgan fingerprint density at radius 1 is 1.15 bits per heavy atom. The first-order valence-corrected chi connectivity index (χ1v) is 10.4. The SMILES string of the molecule is CCCCOc1ccccc1Sc1ccccc1C=C1SC(=S)NC1=O. The van der Waals surface area contributed by atoms with E-state index in [9.17, 15) is 4.79 Å². The zero-order valence-electron chi connectivity index (χ0n) is 14.4. The van der Waals surface area contributed by atoms with Crippen LogP contribution in [0.25, 0.3) is 6.08 Å². The average Bonchev–Trinajstić information content (AvgIpc) is 2.95. The molecule has 3 rings (SSSR count). The van der Waals surface area contributed by atoms with E-state index in [1.54, 1.807) is 11.8 Å². The Balaban J connectivity index is 1.85. The fourth-order valence-corrected chi connectivity index (χ4v) is 4.39. The number of nitrogens with one attached hydrogen (secondary N) is 1. The number of thioether (sulfide) groups is 1. The van der Waals surface area contributed by atoms with Gasteiger partial charge in [-0.1, -0.05) is 79.4 Å². The van der Waals surface area contributed by atoms with Crippen molar-refractivity contribution in [3.8, 4) is 5.75 Å². The molecule has 1 aliphatic heterocycles. The van der Waals surface area contributed by atoms with Gasteiger partial charge in [-0.2, -0.15) is 0 Å². The minimum Gasteiger partial charge on any atom is -0.492 e. The number of benzene rings is 2. The number of hydrogen-bond acceptors (Lipinski definition) is 5. The predicted octanol–water partition coefficient (Wildman–Crippen LogP) is 5.51. The van der Waals surface area contributed by atoms with E-state index in [2.05, 4.69) is 24.4 Å². The number of rotatable bonds is 7. The van der Waals surface area contributed by atoms with Crippen LogP contribution >= 0.6 is 35.7 Å². The Kier molecular flexibility index (Phi) is 6.77. The molecular formula is C20H19NO2S3. The normalized spacial score (nSPS) is 15.3. The van der Waals surface area contributed by atoms with E-state index >= 15 is 0 Å². The quantitative estimate of drug-likeness (QED) is 0.376. The Morgan fingerprint density at radius 3 is 2.62 bits per heavy atom. The summed E-state index contributed by atoms with van der Waals surface area (Å²) in [6, 6.07) is 16.1. The van der Waals surface area contributed by atoms with Gasteiger partial charge in [0.05, 0.1) is 16.4 Å². The number of para-hydroxylation sites is 1. The molecule has 0 radical (unpaired) electrons. The number of unbranched alkanes of at least 4 members (excludes halogenated alkanes) is 1. The van der Waals surface area contributed by atoms with Gasteiger partial charge in [-0.25, -0.2) is 0 Å². The second-order valence-corrected chi connectivity index (χ2v) is 8.44. The van der Waals surface area contributed by atoms with Crippen LogP contribution in [-0.4, -0.2) is 16.8 Å². The highest BCUT2D eigenvalue weighted by molar-refractivity contribution is 8.26. The maximum absolute atomic E-state index is 11.9. The smallest absolute Gasteiger partial charge is 0.263 e. The van der Waals surface area contributed by atoms with Crippen molar-refractivity contribution in [2.45, 2.75) is 29.6 Å². The van der Waals surface area contributed by atoms with Crippen molar-refractivity contribution < 1.29 is 9.53 Å². The highest BCUT2D eigenvalue weighted by atomic mass is 32.2. The largest absolute Gasteiger partial charge is 0.492 e. The number of hydrogen-bond donors (Lipinski definition) is 1. The van der Waals surface area contributed by atoms with E-state index in [-0.39, 0.29) is 5.91 Å². The van der Waals surface area contributed by atoms with E-state index < -0.39 is 0 Å². The molecule has 1 N–H and O–H groups in total. The number of carbonyl (C=O) groups excluding carboxylic acids is 1. The van der Waals surface area contributed by atoms with Crippen molar-refractivity contribution in [1.29, 1.82) is 0 Å². The van der Waals surface area contributed by atoms with Crippen LogP contribution in [0.3, 0.4) is 0 Å². The van der Waals surface area contributed by atoms with Crippen molar-refractivity contribution in [1.82, 2.24) is 5.32 Å². The van der Waals surface area contributed by atoms with Crippen molar-refractivity contribution in [3.63, 3.8) is 0 Å². The van der Waals surface area contributed by atoms with Crippen LogP contribution < -0.4 is 10.1 Å². The minimum atomic E-state index is -0.136. The lowest BCUT2D eigenvalue weighted by Gasteiger charge is -2.12. The molecule has 0 aliphatic carbocycles. The lowest BCUT2D eigenvalue weighted by atomic mass is 10.2. The van der Waals surface area contributed by atoms with Gasteiger partial charge in [0.1, 0.15) is 10.1 Å². The molecule has 0 bridgehead atoms. The van der Waals surface area contributed by atoms with Gasteiger partial charge < -0.3 is 10.1 Å². The Hall–Kier alpha value is -1.76. The lowest BCUT2D eigenvalue weighted by Crippen LogP contribution is -2.17. The van der Waals surface area contributed by atoms with Gasteiger partial charge in [-0.05, 0) is 36.3 Å². The molecule has 1 aliphatic rings. The Labute approximate surface area is 167 Å². The molecule has 0 saturated carbocycles. The molecule has 134 valence electrons. The molecular weight excluding hydrogens is 382 g/mol. The monoisotopic (exact) mass is 401 g/mol. The van der Waals surface area contributed by atoms with Crippen LogP contribution in [-0.2, 0) is 4.79 Å². The van der Waals surface area contributed by atoms with Crippen LogP contribution in [0.1, 0.15) is 25.3 Å². The molecule has 2 aromatic carbocycles. The van der Waals surface area contributed by atoms with Crippen LogP contribution in [0, 0.1) is 0 Å². The van der Waals surface area contributed by atoms with Gasteiger partial charge in [0.15, 0.2) is 0 Å². The third-order valence-corrected chi connectivity index (χ3v) is 5.98. The van der Waals surface area contributed by atoms with Crippen LogP contribution in [0.4, 0.5) is 0 Å². The first-order chi connectivity index (χ1) is 12.7. The summed E-state index contributed by atoms with van der Waals surface area (Å²) in [4.78, 5) is 14.7. The summed E-state index contributed by atoms with van der Waals surface area (Å²) < 4.78 is 6.43.